The summed E-state index contributed by atoms with van der Waals surface area (Å²) < 4.78 is 7.33. The van der Waals surface area contributed by atoms with E-state index in [4.69, 9.17) is 4.74 Å². The van der Waals surface area contributed by atoms with E-state index in [0.717, 1.165) is 24.4 Å². The molecule has 0 saturated carbocycles. The van der Waals surface area contributed by atoms with Gasteiger partial charge in [-0.3, -0.25) is 4.68 Å². The van der Waals surface area contributed by atoms with Gasteiger partial charge in [0.25, 0.3) is 0 Å². The van der Waals surface area contributed by atoms with Crippen LogP contribution in [0, 0.1) is 0 Å². The van der Waals surface area contributed by atoms with Crippen LogP contribution in [0.15, 0.2) is 36.7 Å². The molecule has 0 unspecified atom stereocenters. The molecule has 0 fully saturated rings. The molecule has 0 bridgehead atoms. The van der Waals surface area contributed by atoms with Crippen LogP contribution in [-0.4, -0.2) is 22.4 Å². The molecule has 0 spiro atoms. The molecule has 1 N–H and O–H groups in total. The molecule has 0 atom stereocenters. The maximum Gasteiger partial charge on any atom is 0.123 e. The minimum Gasteiger partial charge on any atom is -0.496 e. The van der Waals surface area contributed by atoms with Gasteiger partial charge < -0.3 is 10.1 Å². The third kappa shape index (κ3) is 4.10. The van der Waals surface area contributed by atoms with Gasteiger partial charge in [0.05, 0.1) is 13.7 Å². The first-order valence-corrected chi connectivity index (χ1v) is 6.86. The van der Waals surface area contributed by atoms with Crippen molar-refractivity contribution < 1.29 is 4.74 Å². The van der Waals surface area contributed by atoms with E-state index in [2.05, 4.69) is 43.3 Å². The van der Waals surface area contributed by atoms with Gasteiger partial charge in [-0.05, 0) is 44.5 Å². The molecule has 2 rings (SSSR count). The van der Waals surface area contributed by atoms with Crippen LogP contribution in [0.2, 0.25) is 0 Å². The quantitative estimate of drug-likeness (QED) is 0.910. The third-order valence-electron chi connectivity index (χ3n) is 3.06. The van der Waals surface area contributed by atoms with Gasteiger partial charge >= 0.3 is 0 Å². The molecular formula is C16H23N3O. The maximum atomic E-state index is 5.43. The summed E-state index contributed by atoms with van der Waals surface area (Å²) in [5.41, 5.74) is 2.51. The van der Waals surface area contributed by atoms with Crippen LogP contribution >= 0.6 is 0 Å². The lowest BCUT2D eigenvalue weighted by atomic mass is 10.1. The second-order valence-electron chi connectivity index (χ2n) is 5.95. The van der Waals surface area contributed by atoms with Crippen LogP contribution in [-0.2, 0) is 13.1 Å². The molecule has 1 aromatic heterocycles. The Bertz CT molecular complexity index is 541. The highest BCUT2D eigenvalue weighted by molar-refractivity contribution is 5.37. The molecule has 0 saturated heterocycles. The predicted molar refractivity (Wildman–Crippen MR) is 80.9 cm³/mol. The van der Waals surface area contributed by atoms with E-state index >= 15 is 0 Å². The van der Waals surface area contributed by atoms with E-state index in [9.17, 15) is 0 Å². The Labute approximate surface area is 120 Å². The first-order chi connectivity index (χ1) is 9.48. The van der Waals surface area contributed by atoms with Crippen LogP contribution in [0.5, 0.6) is 5.75 Å². The summed E-state index contributed by atoms with van der Waals surface area (Å²) in [6.07, 6.45) is 3.75. The molecule has 1 aromatic carbocycles. The molecule has 1 heterocycles. The smallest absolute Gasteiger partial charge is 0.123 e. The van der Waals surface area contributed by atoms with E-state index in [1.165, 1.54) is 5.56 Å². The predicted octanol–water partition coefficient (Wildman–Crippen LogP) is 2.83. The van der Waals surface area contributed by atoms with E-state index in [1.54, 1.807) is 13.3 Å². The molecule has 0 aliphatic heterocycles. The van der Waals surface area contributed by atoms with Gasteiger partial charge in [-0.25, -0.2) is 0 Å². The minimum atomic E-state index is 0.113. The van der Waals surface area contributed by atoms with Crippen molar-refractivity contribution in [1.82, 2.24) is 15.1 Å². The van der Waals surface area contributed by atoms with Gasteiger partial charge in [0.15, 0.2) is 0 Å². The molecule has 20 heavy (non-hydrogen) atoms. The summed E-state index contributed by atoms with van der Waals surface area (Å²) in [6.45, 7) is 8.07. The molecule has 4 nitrogen and oxygen atoms in total. The fourth-order valence-corrected chi connectivity index (χ4v) is 2.00. The van der Waals surface area contributed by atoms with Crippen molar-refractivity contribution in [1.29, 1.82) is 0 Å². The first kappa shape index (κ1) is 14.6. The fourth-order valence-electron chi connectivity index (χ4n) is 2.00. The summed E-state index contributed by atoms with van der Waals surface area (Å²) in [5, 5.41) is 7.75. The average Bonchev–Trinajstić information content (AvgIpc) is 2.89. The minimum absolute atomic E-state index is 0.113. The number of aromatic nitrogens is 2. The number of rotatable bonds is 5. The van der Waals surface area contributed by atoms with E-state index in [1.807, 2.05) is 23.0 Å². The summed E-state index contributed by atoms with van der Waals surface area (Å²) in [4.78, 5) is 0. The van der Waals surface area contributed by atoms with Crippen molar-refractivity contribution in [3.05, 3.63) is 47.8 Å². The summed E-state index contributed by atoms with van der Waals surface area (Å²) in [7, 11) is 1.70. The Kier molecular flexibility index (Phi) is 4.45. The standard InChI is InChI=1S/C16H23N3O/c1-16(2,3)17-11-13-6-7-15(20-4)14(10-13)12-19-9-5-8-18-19/h5-10,17H,11-12H2,1-4H3. The Morgan fingerprint density at radius 3 is 2.70 bits per heavy atom. The topological polar surface area (TPSA) is 39.1 Å². The molecule has 2 aromatic rings. The molecule has 0 amide bonds. The summed E-state index contributed by atoms with van der Waals surface area (Å²) in [6, 6.07) is 8.24. The molecule has 4 heteroatoms. The van der Waals surface area contributed by atoms with Crippen molar-refractivity contribution in [2.45, 2.75) is 39.4 Å². The second-order valence-corrected chi connectivity index (χ2v) is 5.95. The number of methoxy groups -OCH3 is 1. The van der Waals surface area contributed by atoms with Gasteiger partial charge in [0.1, 0.15) is 5.75 Å². The Hall–Kier alpha value is -1.81. The lowest BCUT2D eigenvalue weighted by molar-refractivity contribution is 0.405. The van der Waals surface area contributed by atoms with E-state index < -0.39 is 0 Å². The zero-order valence-electron chi connectivity index (χ0n) is 12.7. The number of nitrogens with zero attached hydrogens (tertiary/aromatic N) is 2. The molecule has 0 aliphatic rings. The number of hydrogen-bond acceptors (Lipinski definition) is 3. The number of ether oxygens (including phenoxy) is 1. The monoisotopic (exact) mass is 273 g/mol. The van der Waals surface area contributed by atoms with E-state index in [0.29, 0.717) is 0 Å². The normalized spacial score (nSPS) is 11.6. The largest absolute Gasteiger partial charge is 0.496 e. The van der Waals surface area contributed by atoms with Crippen molar-refractivity contribution in [3.8, 4) is 5.75 Å². The van der Waals surface area contributed by atoms with Crippen LogP contribution in [0.25, 0.3) is 0 Å². The maximum absolute atomic E-state index is 5.43. The SMILES string of the molecule is COc1ccc(CNC(C)(C)C)cc1Cn1cccn1. The fraction of sp³-hybridized carbons (Fsp3) is 0.438. The third-order valence-corrected chi connectivity index (χ3v) is 3.06. The lowest BCUT2D eigenvalue weighted by Gasteiger charge is -2.21. The zero-order valence-corrected chi connectivity index (χ0v) is 12.7. The van der Waals surface area contributed by atoms with Crippen molar-refractivity contribution in [2.24, 2.45) is 0 Å². The van der Waals surface area contributed by atoms with Gasteiger partial charge in [-0.15, -0.1) is 0 Å². The van der Waals surface area contributed by atoms with Crippen molar-refractivity contribution in [3.63, 3.8) is 0 Å². The van der Waals surface area contributed by atoms with Gasteiger partial charge in [-0.1, -0.05) is 6.07 Å². The zero-order chi connectivity index (χ0) is 14.6. The first-order valence-electron chi connectivity index (χ1n) is 6.86. The van der Waals surface area contributed by atoms with Crippen LogP contribution in [0.1, 0.15) is 31.9 Å². The highest BCUT2D eigenvalue weighted by Crippen LogP contribution is 2.21. The number of nitrogens with one attached hydrogen (secondary N) is 1. The molecule has 108 valence electrons. The number of hydrogen-bond donors (Lipinski definition) is 1. The highest BCUT2D eigenvalue weighted by atomic mass is 16.5. The van der Waals surface area contributed by atoms with Gasteiger partial charge in [-0.2, -0.15) is 5.10 Å². The Morgan fingerprint density at radius 1 is 1.30 bits per heavy atom. The Balaban J connectivity index is 2.16. The van der Waals surface area contributed by atoms with Crippen molar-refractivity contribution in [2.75, 3.05) is 7.11 Å². The van der Waals surface area contributed by atoms with Crippen molar-refractivity contribution >= 4 is 0 Å². The highest BCUT2D eigenvalue weighted by Gasteiger charge is 2.10. The molecule has 0 radical (unpaired) electrons. The van der Waals surface area contributed by atoms with Gasteiger partial charge in [0, 0.05) is 30.0 Å². The van der Waals surface area contributed by atoms with E-state index in [-0.39, 0.29) is 5.54 Å². The summed E-state index contributed by atoms with van der Waals surface area (Å²) in [5.74, 6) is 0.903. The second kappa shape index (κ2) is 6.09. The number of benzene rings is 1. The van der Waals surface area contributed by atoms with Gasteiger partial charge in [0.2, 0.25) is 0 Å². The van der Waals surface area contributed by atoms with Crippen LogP contribution < -0.4 is 10.1 Å². The van der Waals surface area contributed by atoms with Crippen LogP contribution in [0.4, 0.5) is 0 Å². The average molecular weight is 273 g/mol. The lowest BCUT2D eigenvalue weighted by Crippen LogP contribution is -2.35. The molecule has 0 aliphatic carbocycles. The Morgan fingerprint density at radius 2 is 2.10 bits per heavy atom. The summed E-state index contributed by atoms with van der Waals surface area (Å²) >= 11 is 0. The molecular weight excluding hydrogens is 250 g/mol. The van der Waals surface area contributed by atoms with Crippen LogP contribution in [0.3, 0.4) is 0 Å².